The highest BCUT2D eigenvalue weighted by molar-refractivity contribution is 7.89. The van der Waals surface area contributed by atoms with E-state index in [9.17, 15) is 18.0 Å². The lowest BCUT2D eigenvalue weighted by molar-refractivity contribution is -0.128. The highest BCUT2D eigenvalue weighted by Crippen LogP contribution is 2.32. The van der Waals surface area contributed by atoms with Gasteiger partial charge in [0.05, 0.1) is 22.8 Å². The Balaban J connectivity index is 1.80. The molecule has 1 aliphatic heterocycles. The van der Waals surface area contributed by atoms with E-state index in [-0.39, 0.29) is 28.7 Å². The third kappa shape index (κ3) is 4.87. The Morgan fingerprint density at radius 1 is 1.17 bits per heavy atom. The summed E-state index contributed by atoms with van der Waals surface area (Å²) in [5.74, 6) is 0.566. The highest BCUT2D eigenvalue weighted by atomic mass is 32.2. The van der Waals surface area contributed by atoms with E-state index < -0.39 is 10.0 Å². The molecular weight excluding hydrogens is 484 g/mol. The van der Waals surface area contributed by atoms with Crippen molar-refractivity contribution in [2.24, 2.45) is 7.05 Å². The summed E-state index contributed by atoms with van der Waals surface area (Å²) in [6, 6.07) is 4.58. The molecule has 194 valence electrons. The molecule has 0 bridgehead atoms. The molecule has 11 nitrogen and oxygen atoms in total. The zero-order valence-electron chi connectivity index (χ0n) is 21.1. The number of carbonyl (C=O) groups excluding carboxylic acids is 1. The van der Waals surface area contributed by atoms with E-state index in [1.54, 1.807) is 18.0 Å². The van der Waals surface area contributed by atoms with Gasteiger partial charge in [-0.3, -0.25) is 14.3 Å². The van der Waals surface area contributed by atoms with Crippen LogP contribution in [0.15, 0.2) is 27.9 Å². The Hall–Kier alpha value is -3.25. The lowest BCUT2D eigenvalue weighted by atomic mass is 10.1. The van der Waals surface area contributed by atoms with Crippen molar-refractivity contribution in [1.82, 2.24) is 29.0 Å². The van der Waals surface area contributed by atoms with Crippen LogP contribution >= 0.6 is 0 Å². The number of hydrogen-bond donors (Lipinski definition) is 1. The topological polar surface area (TPSA) is 130 Å². The number of nitrogens with one attached hydrogen (secondary N) is 1. The van der Waals surface area contributed by atoms with Crippen LogP contribution < -0.4 is 10.3 Å². The van der Waals surface area contributed by atoms with Crippen molar-refractivity contribution in [3.05, 3.63) is 34.2 Å². The molecule has 0 aliphatic carbocycles. The van der Waals surface area contributed by atoms with Gasteiger partial charge in [0.1, 0.15) is 17.1 Å². The third-order valence-electron chi connectivity index (χ3n) is 6.29. The molecule has 4 rings (SSSR count). The predicted octanol–water partition coefficient (Wildman–Crippen LogP) is 1.92. The third-order valence-corrected chi connectivity index (χ3v) is 8.19. The van der Waals surface area contributed by atoms with E-state index in [0.717, 1.165) is 6.42 Å². The SMILES string of the molecule is CCCc1nn(C)c2c(=O)[nH]c(-c3cc(S(=O)(=O)N4CCCN(C(C)=O)CC4)ccc3OCC)nc12. The highest BCUT2D eigenvalue weighted by Gasteiger charge is 2.29. The van der Waals surface area contributed by atoms with Gasteiger partial charge < -0.3 is 14.6 Å². The van der Waals surface area contributed by atoms with Crippen LogP contribution in [0.2, 0.25) is 0 Å². The number of sulfonamides is 1. The normalized spacial score (nSPS) is 15.3. The van der Waals surface area contributed by atoms with Crippen LogP contribution in [0.3, 0.4) is 0 Å². The van der Waals surface area contributed by atoms with Crippen LogP contribution in [0.1, 0.15) is 39.3 Å². The van der Waals surface area contributed by atoms with Gasteiger partial charge in [-0.1, -0.05) is 13.3 Å². The molecule has 0 unspecified atom stereocenters. The lowest BCUT2D eigenvalue weighted by Gasteiger charge is -2.21. The fourth-order valence-electron chi connectivity index (χ4n) is 4.51. The summed E-state index contributed by atoms with van der Waals surface area (Å²) in [6.07, 6.45) is 2.05. The number of H-pyrrole nitrogens is 1. The number of benzene rings is 1. The maximum Gasteiger partial charge on any atom is 0.277 e. The van der Waals surface area contributed by atoms with Crippen molar-refractivity contribution < 1.29 is 17.9 Å². The molecule has 2 aromatic heterocycles. The summed E-state index contributed by atoms with van der Waals surface area (Å²) in [5, 5.41) is 4.45. The Bertz CT molecular complexity index is 1450. The molecule has 0 radical (unpaired) electrons. The second-order valence-electron chi connectivity index (χ2n) is 8.79. The van der Waals surface area contributed by atoms with Crippen LogP contribution in [0.5, 0.6) is 5.75 Å². The van der Waals surface area contributed by atoms with Gasteiger partial charge >= 0.3 is 0 Å². The lowest BCUT2D eigenvalue weighted by Crippen LogP contribution is -2.36. The van der Waals surface area contributed by atoms with Gasteiger partial charge in [-0.05, 0) is 38.0 Å². The number of nitrogens with zero attached hydrogens (tertiary/aromatic N) is 5. The van der Waals surface area contributed by atoms with Crippen LogP contribution in [0.25, 0.3) is 22.4 Å². The van der Waals surface area contributed by atoms with Gasteiger partial charge in [0.25, 0.3) is 5.56 Å². The Morgan fingerprint density at radius 2 is 1.94 bits per heavy atom. The van der Waals surface area contributed by atoms with Crippen molar-refractivity contribution >= 4 is 27.0 Å². The van der Waals surface area contributed by atoms with Gasteiger partial charge in [0.2, 0.25) is 15.9 Å². The van der Waals surface area contributed by atoms with E-state index in [4.69, 9.17) is 9.72 Å². The number of carbonyl (C=O) groups is 1. The number of aromatic amines is 1. The van der Waals surface area contributed by atoms with Crippen LogP contribution in [-0.4, -0.2) is 76.1 Å². The quantitative estimate of drug-likeness (QED) is 0.508. The zero-order chi connectivity index (χ0) is 26.0. The first-order chi connectivity index (χ1) is 17.2. The minimum absolute atomic E-state index is 0.0686. The number of rotatable bonds is 7. The van der Waals surface area contributed by atoms with E-state index in [0.29, 0.717) is 67.1 Å². The average Bonchev–Trinajstić information content (AvgIpc) is 3.00. The van der Waals surface area contributed by atoms with E-state index in [2.05, 4.69) is 10.1 Å². The average molecular weight is 517 g/mol. The molecule has 12 heteroatoms. The molecule has 0 atom stereocenters. The minimum Gasteiger partial charge on any atom is -0.493 e. The molecule has 3 aromatic rings. The van der Waals surface area contributed by atoms with Crippen molar-refractivity contribution in [2.75, 3.05) is 32.8 Å². The number of amides is 1. The number of ether oxygens (including phenoxy) is 1. The van der Waals surface area contributed by atoms with Crippen LogP contribution in [0, 0.1) is 0 Å². The van der Waals surface area contributed by atoms with Crippen molar-refractivity contribution in [3.63, 3.8) is 0 Å². The first-order valence-electron chi connectivity index (χ1n) is 12.2. The molecule has 36 heavy (non-hydrogen) atoms. The first kappa shape index (κ1) is 25.8. The predicted molar refractivity (Wildman–Crippen MR) is 135 cm³/mol. The first-order valence-corrected chi connectivity index (χ1v) is 13.6. The second-order valence-corrected chi connectivity index (χ2v) is 10.7. The fourth-order valence-corrected chi connectivity index (χ4v) is 6.01. The molecule has 0 saturated carbocycles. The molecule has 1 fully saturated rings. The Labute approximate surface area is 210 Å². The number of fused-ring (bicyclic) bond motifs is 1. The van der Waals surface area contributed by atoms with Gasteiger partial charge in [-0.15, -0.1) is 0 Å². The molecule has 1 aromatic carbocycles. The van der Waals surface area contributed by atoms with E-state index in [1.807, 2.05) is 13.8 Å². The smallest absolute Gasteiger partial charge is 0.277 e. The van der Waals surface area contributed by atoms with Crippen LogP contribution in [0.4, 0.5) is 0 Å². The largest absolute Gasteiger partial charge is 0.493 e. The zero-order valence-corrected chi connectivity index (χ0v) is 21.9. The number of aryl methyl sites for hydroxylation is 2. The molecule has 1 aliphatic rings. The molecule has 0 spiro atoms. The van der Waals surface area contributed by atoms with E-state index in [1.165, 1.54) is 28.0 Å². The number of aromatic nitrogens is 4. The monoisotopic (exact) mass is 516 g/mol. The Morgan fingerprint density at radius 3 is 2.64 bits per heavy atom. The van der Waals surface area contributed by atoms with Crippen molar-refractivity contribution in [2.45, 2.75) is 44.9 Å². The summed E-state index contributed by atoms with van der Waals surface area (Å²) < 4.78 is 35.8. The minimum atomic E-state index is -3.86. The standard InChI is InChI=1S/C24H32N6O5S/c1-5-8-19-21-22(28(4)27-19)24(32)26-23(25-21)18-15-17(9-10-20(18)35-6-2)36(33,34)30-12-7-11-29(13-14-30)16(3)31/h9-10,15H,5-8,11-14H2,1-4H3,(H,25,26,32). The number of hydrogen-bond acceptors (Lipinski definition) is 7. The van der Waals surface area contributed by atoms with Crippen LogP contribution in [-0.2, 0) is 28.3 Å². The van der Waals surface area contributed by atoms with E-state index >= 15 is 0 Å². The molecule has 1 saturated heterocycles. The molecule has 3 heterocycles. The van der Waals surface area contributed by atoms with Gasteiger partial charge in [0.15, 0.2) is 5.52 Å². The molecular formula is C24H32N6O5S. The fraction of sp³-hybridized carbons (Fsp3) is 0.500. The Kier molecular flexibility index (Phi) is 7.46. The maximum absolute atomic E-state index is 13.6. The van der Waals surface area contributed by atoms with Gasteiger partial charge in [0, 0.05) is 40.2 Å². The summed E-state index contributed by atoms with van der Waals surface area (Å²) in [6.45, 7) is 7.07. The van der Waals surface area contributed by atoms with Crippen molar-refractivity contribution in [3.8, 4) is 17.1 Å². The summed E-state index contributed by atoms with van der Waals surface area (Å²) in [7, 11) is -2.16. The summed E-state index contributed by atoms with van der Waals surface area (Å²) in [4.78, 5) is 34.0. The maximum atomic E-state index is 13.6. The van der Waals surface area contributed by atoms with Gasteiger partial charge in [-0.2, -0.15) is 9.40 Å². The summed E-state index contributed by atoms with van der Waals surface area (Å²) >= 11 is 0. The van der Waals surface area contributed by atoms with Gasteiger partial charge in [-0.25, -0.2) is 13.4 Å². The molecule has 1 amide bonds. The van der Waals surface area contributed by atoms with Crippen molar-refractivity contribution in [1.29, 1.82) is 0 Å². The summed E-state index contributed by atoms with van der Waals surface area (Å²) in [5.41, 5.74) is 1.58. The molecule has 1 N–H and O–H groups in total. The second kappa shape index (κ2) is 10.4.